The Labute approximate surface area is 140 Å². The van der Waals surface area contributed by atoms with Crippen LogP contribution < -0.4 is 27.8 Å². The third-order valence-electron chi connectivity index (χ3n) is 3.35. The summed E-state index contributed by atoms with van der Waals surface area (Å²) in [7, 11) is -4.94. The van der Waals surface area contributed by atoms with Crippen molar-refractivity contribution in [1.29, 1.82) is 0 Å². The second-order valence-corrected chi connectivity index (χ2v) is 6.27. The largest absolute Gasteiger partial charge is 0.808 e. The van der Waals surface area contributed by atoms with Crippen molar-refractivity contribution in [2.75, 3.05) is 5.73 Å². The van der Waals surface area contributed by atoms with Gasteiger partial charge in [-0.1, -0.05) is 11.9 Å². The summed E-state index contributed by atoms with van der Waals surface area (Å²) in [6.07, 6.45) is -2.97. The molecule has 1 aliphatic heterocycles. The van der Waals surface area contributed by atoms with E-state index in [0.29, 0.717) is 5.82 Å². The van der Waals surface area contributed by atoms with E-state index in [0.717, 1.165) is 12.4 Å². The van der Waals surface area contributed by atoms with Crippen LogP contribution in [0.1, 0.15) is 6.23 Å². The molecule has 0 spiro atoms. The van der Waals surface area contributed by atoms with Gasteiger partial charge in [0.2, 0.25) is 0 Å². The van der Waals surface area contributed by atoms with E-state index in [1.54, 1.807) is 0 Å². The SMILES string of the molecule is Nc1ncnc2c1ncn2C1OC(C=CP(=O)([O-])[O-])C(O)C1F.[NH4+].[NH4+]. The second kappa shape index (κ2) is 7.49. The molecule has 3 rings (SSSR count). The Morgan fingerprint density at radius 2 is 2.04 bits per heavy atom. The van der Waals surface area contributed by atoms with E-state index in [1.165, 1.54) is 10.9 Å². The Morgan fingerprint density at radius 3 is 2.68 bits per heavy atom. The summed E-state index contributed by atoms with van der Waals surface area (Å²) in [6.45, 7) is 0. The van der Waals surface area contributed by atoms with E-state index in [9.17, 15) is 23.8 Å². The summed E-state index contributed by atoms with van der Waals surface area (Å²) in [4.78, 5) is 32.9. The lowest BCUT2D eigenvalue weighted by molar-refractivity contribution is -0.308. The Kier molecular flexibility index (Phi) is 6.31. The van der Waals surface area contributed by atoms with E-state index >= 15 is 0 Å². The molecule has 0 aromatic carbocycles. The third kappa shape index (κ3) is 3.99. The smallest absolute Gasteiger partial charge is 0.174 e. The number of nitrogens with two attached hydrogens (primary N) is 1. The topological polar surface area (TPSA) is 235 Å². The number of aliphatic hydroxyl groups excluding tert-OH is 1. The molecule has 3 heterocycles. The van der Waals surface area contributed by atoms with Crippen LogP contribution in [0.2, 0.25) is 0 Å². The molecular formula is C11H19FN7O5P. The molecule has 12 nitrogen and oxygen atoms in total. The number of nitrogen functional groups attached to an aromatic ring is 1. The predicted molar refractivity (Wildman–Crippen MR) is 83.3 cm³/mol. The number of hydrogen-bond acceptors (Lipinski definition) is 9. The minimum Gasteiger partial charge on any atom is -0.808 e. The Hall–Kier alpha value is -1.99. The Morgan fingerprint density at radius 1 is 1.36 bits per heavy atom. The van der Waals surface area contributed by atoms with Gasteiger partial charge in [0.1, 0.15) is 24.1 Å². The van der Waals surface area contributed by atoms with Crippen molar-refractivity contribution in [2.24, 2.45) is 0 Å². The fourth-order valence-corrected chi connectivity index (χ4v) is 2.67. The molecule has 1 aliphatic rings. The van der Waals surface area contributed by atoms with Gasteiger partial charge in [-0.15, -0.1) is 0 Å². The molecule has 1 saturated heterocycles. The zero-order valence-corrected chi connectivity index (χ0v) is 14.3. The van der Waals surface area contributed by atoms with Gasteiger partial charge in [-0.25, -0.2) is 19.3 Å². The number of anilines is 1. The van der Waals surface area contributed by atoms with Crippen LogP contribution in [0.5, 0.6) is 0 Å². The lowest BCUT2D eigenvalue weighted by atomic mass is 10.1. The first-order valence-electron chi connectivity index (χ1n) is 6.39. The lowest BCUT2D eigenvalue weighted by Crippen LogP contribution is -2.27. The number of quaternary nitrogens is 2. The first kappa shape index (κ1) is 21.1. The molecule has 14 heteroatoms. The minimum atomic E-state index is -4.94. The monoisotopic (exact) mass is 379 g/mol. The van der Waals surface area contributed by atoms with E-state index in [4.69, 9.17) is 10.5 Å². The minimum absolute atomic E-state index is 0. The van der Waals surface area contributed by atoms with Gasteiger partial charge in [0, 0.05) is 0 Å². The number of halogens is 1. The first-order valence-corrected chi connectivity index (χ1v) is 8.01. The highest BCUT2D eigenvalue weighted by Crippen LogP contribution is 2.36. The number of aromatic nitrogens is 4. The molecular weight excluding hydrogens is 360 g/mol. The highest BCUT2D eigenvalue weighted by molar-refractivity contribution is 7.52. The van der Waals surface area contributed by atoms with Crippen molar-refractivity contribution in [3.63, 3.8) is 0 Å². The number of rotatable bonds is 3. The third-order valence-corrected chi connectivity index (χ3v) is 3.89. The number of ether oxygens (including phenoxy) is 1. The van der Waals surface area contributed by atoms with Gasteiger partial charge >= 0.3 is 0 Å². The summed E-state index contributed by atoms with van der Waals surface area (Å²) in [5.41, 5.74) is 6.06. The van der Waals surface area contributed by atoms with E-state index in [2.05, 4.69) is 15.0 Å². The highest BCUT2D eigenvalue weighted by atomic mass is 31.2. The maximum Gasteiger partial charge on any atom is 0.174 e. The molecule has 2 aromatic heterocycles. The van der Waals surface area contributed by atoms with Crippen LogP contribution in [-0.2, 0) is 9.30 Å². The number of alkyl halides is 1. The second-order valence-electron chi connectivity index (χ2n) is 4.89. The van der Waals surface area contributed by atoms with Crippen LogP contribution >= 0.6 is 7.60 Å². The number of nitrogens with zero attached hydrogens (tertiary/aromatic N) is 4. The van der Waals surface area contributed by atoms with Crippen molar-refractivity contribution in [3.05, 3.63) is 24.5 Å². The lowest BCUT2D eigenvalue weighted by Gasteiger charge is -2.25. The molecule has 140 valence electrons. The zero-order chi connectivity index (χ0) is 16.8. The van der Waals surface area contributed by atoms with Gasteiger partial charge in [0.25, 0.3) is 0 Å². The van der Waals surface area contributed by atoms with Crippen LogP contribution in [-0.4, -0.2) is 43.0 Å². The fraction of sp³-hybridized carbons (Fsp3) is 0.364. The first-order chi connectivity index (χ1) is 10.8. The summed E-state index contributed by atoms with van der Waals surface area (Å²) < 4.78 is 31.4. The van der Waals surface area contributed by atoms with Crippen molar-refractivity contribution in [2.45, 2.75) is 24.6 Å². The van der Waals surface area contributed by atoms with Crippen LogP contribution in [0, 0.1) is 0 Å². The summed E-state index contributed by atoms with van der Waals surface area (Å²) >= 11 is 0. The summed E-state index contributed by atoms with van der Waals surface area (Å²) in [6, 6.07) is 0. The fourth-order valence-electron chi connectivity index (χ4n) is 2.29. The normalized spacial score (nSPS) is 26.6. The molecule has 4 atom stereocenters. The van der Waals surface area contributed by atoms with Crippen molar-refractivity contribution < 1.29 is 28.6 Å². The van der Waals surface area contributed by atoms with Crippen molar-refractivity contribution >= 4 is 24.6 Å². The van der Waals surface area contributed by atoms with Gasteiger partial charge in [-0.05, 0) is 7.60 Å². The average Bonchev–Trinajstić information content (AvgIpc) is 3.01. The molecule has 25 heavy (non-hydrogen) atoms. The molecule has 0 bridgehead atoms. The van der Waals surface area contributed by atoms with Gasteiger partial charge in [-0.2, -0.15) is 0 Å². The summed E-state index contributed by atoms with van der Waals surface area (Å²) in [5.74, 6) is 0.431. The standard InChI is InChI=1S/C11H13FN5O5P.2H3N/c12-6-8(18)5(1-2-23(19,20)21)22-11(6)17-4-16-7-9(13)14-3-15-10(7)17;;/h1-6,8,11,18H,(H2,13,14,15)(H2,19,20,21);2*1H3. The summed E-state index contributed by atoms with van der Waals surface area (Å²) in [5, 5.41) is 9.81. The molecule has 0 amide bonds. The molecule has 1 fully saturated rings. The van der Waals surface area contributed by atoms with Crippen LogP contribution in [0.4, 0.5) is 10.2 Å². The zero-order valence-electron chi connectivity index (χ0n) is 13.4. The highest BCUT2D eigenvalue weighted by Gasteiger charge is 2.44. The number of aliphatic hydroxyl groups is 1. The predicted octanol–water partition coefficient (Wildman–Crippen LogP) is -0.815. The van der Waals surface area contributed by atoms with E-state index < -0.39 is 32.2 Å². The molecule has 0 radical (unpaired) electrons. The van der Waals surface area contributed by atoms with Gasteiger partial charge < -0.3 is 42.2 Å². The average molecular weight is 379 g/mol. The quantitative estimate of drug-likeness (QED) is 0.487. The van der Waals surface area contributed by atoms with Crippen molar-refractivity contribution in [3.8, 4) is 0 Å². The molecule has 0 saturated carbocycles. The maximum absolute atomic E-state index is 14.3. The molecule has 2 aromatic rings. The number of hydrogen-bond donors (Lipinski definition) is 4. The molecule has 4 unspecified atom stereocenters. The maximum atomic E-state index is 14.3. The van der Waals surface area contributed by atoms with Crippen LogP contribution in [0.25, 0.3) is 11.2 Å². The van der Waals surface area contributed by atoms with Gasteiger partial charge in [-0.3, -0.25) is 4.57 Å². The number of fused-ring (bicyclic) bond motifs is 1. The van der Waals surface area contributed by atoms with E-state index in [-0.39, 0.29) is 29.3 Å². The van der Waals surface area contributed by atoms with Gasteiger partial charge in [0.15, 0.2) is 23.9 Å². The van der Waals surface area contributed by atoms with Crippen LogP contribution in [0.3, 0.4) is 0 Å². The van der Waals surface area contributed by atoms with Crippen LogP contribution in [0.15, 0.2) is 24.5 Å². The van der Waals surface area contributed by atoms with Gasteiger partial charge in [0.05, 0.1) is 6.33 Å². The number of imidazole rings is 1. The Bertz CT molecular complexity index is 811. The molecule has 0 aliphatic carbocycles. The Balaban J connectivity index is 0.00000156. The van der Waals surface area contributed by atoms with E-state index in [1.807, 2.05) is 0 Å². The molecule has 11 N–H and O–H groups in total. The van der Waals surface area contributed by atoms with Crippen molar-refractivity contribution in [1.82, 2.24) is 31.8 Å².